The fourth-order valence-corrected chi connectivity index (χ4v) is 1.51. The molecule has 1 aromatic rings. The zero-order chi connectivity index (χ0) is 9.68. The Morgan fingerprint density at radius 3 is 2.92 bits per heavy atom. The zero-order valence-electron chi connectivity index (χ0n) is 7.06. The Morgan fingerprint density at radius 1 is 1.54 bits per heavy atom. The molecular weight excluding hydrogens is 296 g/mol. The standard InChI is InChI=1S/C9H10Br2N2/c1-7(10)3-12-4-8-2-9(11)6-13-5-8/h2,5-6,12H,1,3-4H2. The second-order valence-corrected chi connectivity index (χ2v) is 4.67. The number of nitrogens with one attached hydrogen (secondary N) is 1. The molecule has 0 unspecified atom stereocenters. The fraction of sp³-hybridized carbons (Fsp3) is 0.222. The van der Waals surface area contributed by atoms with Crippen LogP contribution < -0.4 is 5.32 Å². The van der Waals surface area contributed by atoms with Gasteiger partial charge in [-0.25, -0.2) is 0 Å². The molecule has 70 valence electrons. The quantitative estimate of drug-likeness (QED) is 0.925. The molecule has 0 amide bonds. The van der Waals surface area contributed by atoms with Crippen molar-refractivity contribution < 1.29 is 0 Å². The van der Waals surface area contributed by atoms with Crippen molar-refractivity contribution in [3.8, 4) is 0 Å². The Morgan fingerprint density at radius 2 is 2.31 bits per heavy atom. The zero-order valence-corrected chi connectivity index (χ0v) is 10.2. The maximum atomic E-state index is 4.06. The maximum absolute atomic E-state index is 4.06. The van der Waals surface area contributed by atoms with Crippen LogP contribution in [0.1, 0.15) is 5.56 Å². The monoisotopic (exact) mass is 304 g/mol. The maximum Gasteiger partial charge on any atom is 0.0410 e. The minimum absolute atomic E-state index is 0.770. The molecule has 0 aromatic carbocycles. The predicted molar refractivity (Wildman–Crippen MR) is 61.7 cm³/mol. The third-order valence-electron chi connectivity index (χ3n) is 1.41. The summed E-state index contributed by atoms with van der Waals surface area (Å²) in [5.74, 6) is 0. The highest BCUT2D eigenvalue weighted by atomic mass is 79.9. The molecule has 0 radical (unpaired) electrons. The molecule has 0 fully saturated rings. The molecule has 0 aliphatic heterocycles. The van der Waals surface area contributed by atoms with Crippen molar-refractivity contribution in [1.29, 1.82) is 0 Å². The van der Waals surface area contributed by atoms with Crippen LogP contribution in [0, 0.1) is 0 Å². The van der Waals surface area contributed by atoms with Crippen LogP contribution in [0.25, 0.3) is 0 Å². The third-order valence-corrected chi connectivity index (χ3v) is 2.12. The molecule has 1 N–H and O–H groups in total. The molecule has 13 heavy (non-hydrogen) atoms. The highest BCUT2D eigenvalue weighted by Crippen LogP contribution is 2.09. The number of halogens is 2. The SMILES string of the molecule is C=C(Br)CNCc1cncc(Br)c1. The molecular formula is C9H10Br2N2. The van der Waals surface area contributed by atoms with Crippen molar-refractivity contribution in [1.82, 2.24) is 10.3 Å². The predicted octanol–water partition coefficient (Wildman–Crippen LogP) is 2.84. The van der Waals surface area contributed by atoms with Gasteiger partial charge in [-0.1, -0.05) is 22.5 Å². The van der Waals surface area contributed by atoms with E-state index in [4.69, 9.17) is 0 Å². The highest BCUT2D eigenvalue weighted by Gasteiger charge is 1.94. The highest BCUT2D eigenvalue weighted by molar-refractivity contribution is 9.11. The first kappa shape index (κ1) is 10.9. The van der Waals surface area contributed by atoms with Gasteiger partial charge in [-0.2, -0.15) is 0 Å². The molecule has 0 saturated carbocycles. The first-order chi connectivity index (χ1) is 6.18. The first-order valence-corrected chi connectivity index (χ1v) is 5.40. The lowest BCUT2D eigenvalue weighted by Crippen LogP contribution is -2.14. The normalized spacial score (nSPS) is 10.0. The van der Waals surface area contributed by atoms with Gasteiger partial charge in [0.15, 0.2) is 0 Å². The minimum atomic E-state index is 0.770. The Bertz CT molecular complexity index is 299. The summed E-state index contributed by atoms with van der Waals surface area (Å²) in [6, 6.07) is 2.04. The lowest BCUT2D eigenvalue weighted by atomic mass is 10.3. The average Bonchev–Trinajstić information content (AvgIpc) is 2.03. The van der Waals surface area contributed by atoms with Crippen molar-refractivity contribution in [3.63, 3.8) is 0 Å². The summed E-state index contributed by atoms with van der Waals surface area (Å²) in [6.07, 6.45) is 3.61. The molecule has 1 heterocycles. The summed E-state index contributed by atoms with van der Waals surface area (Å²) in [5, 5.41) is 3.22. The number of rotatable bonds is 4. The first-order valence-electron chi connectivity index (χ1n) is 3.82. The molecule has 0 spiro atoms. The van der Waals surface area contributed by atoms with Crippen LogP contribution in [0.2, 0.25) is 0 Å². The average molecular weight is 306 g/mol. The van der Waals surface area contributed by atoms with Crippen LogP contribution in [0.4, 0.5) is 0 Å². The fourth-order valence-electron chi connectivity index (χ4n) is 0.895. The topological polar surface area (TPSA) is 24.9 Å². The molecule has 0 aliphatic rings. The second kappa shape index (κ2) is 5.52. The third kappa shape index (κ3) is 4.55. The summed E-state index contributed by atoms with van der Waals surface area (Å²) < 4.78 is 1.96. The van der Waals surface area contributed by atoms with E-state index in [1.807, 2.05) is 12.3 Å². The minimum Gasteiger partial charge on any atom is -0.308 e. The van der Waals surface area contributed by atoms with Gasteiger partial charge in [0.25, 0.3) is 0 Å². The summed E-state index contributed by atoms with van der Waals surface area (Å²) in [4.78, 5) is 4.06. The number of hydrogen-bond acceptors (Lipinski definition) is 2. The van der Waals surface area contributed by atoms with Gasteiger partial charge in [-0.15, -0.1) is 0 Å². The van der Waals surface area contributed by atoms with E-state index >= 15 is 0 Å². The van der Waals surface area contributed by atoms with E-state index in [-0.39, 0.29) is 0 Å². The summed E-state index contributed by atoms with van der Waals surface area (Å²) in [7, 11) is 0. The van der Waals surface area contributed by atoms with Gasteiger partial charge in [0.05, 0.1) is 0 Å². The molecule has 0 aliphatic carbocycles. The molecule has 0 saturated heterocycles. The van der Waals surface area contributed by atoms with Gasteiger partial charge < -0.3 is 5.32 Å². The largest absolute Gasteiger partial charge is 0.308 e. The van der Waals surface area contributed by atoms with Crippen molar-refractivity contribution in [3.05, 3.63) is 39.6 Å². The lowest BCUT2D eigenvalue weighted by molar-refractivity contribution is 0.753. The van der Waals surface area contributed by atoms with Crippen LogP contribution >= 0.6 is 31.9 Å². The Balaban J connectivity index is 2.41. The summed E-state index contributed by atoms with van der Waals surface area (Å²) in [6.45, 7) is 5.31. The van der Waals surface area contributed by atoms with Gasteiger partial charge in [0.1, 0.15) is 0 Å². The smallest absolute Gasteiger partial charge is 0.0410 e. The van der Waals surface area contributed by atoms with Crippen LogP contribution in [-0.4, -0.2) is 11.5 Å². The number of pyridine rings is 1. The van der Waals surface area contributed by atoms with Crippen LogP contribution in [0.5, 0.6) is 0 Å². The molecule has 2 nitrogen and oxygen atoms in total. The number of aromatic nitrogens is 1. The molecule has 1 rings (SSSR count). The Hall–Kier alpha value is -0.190. The molecule has 4 heteroatoms. The van der Waals surface area contributed by atoms with E-state index in [1.54, 1.807) is 6.20 Å². The van der Waals surface area contributed by atoms with E-state index in [2.05, 4.69) is 48.7 Å². The van der Waals surface area contributed by atoms with E-state index in [1.165, 1.54) is 0 Å². The van der Waals surface area contributed by atoms with E-state index in [0.717, 1.165) is 27.6 Å². The van der Waals surface area contributed by atoms with Gasteiger partial charge in [0, 0.05) is 34.4 Å². The van der Waals surface area contributed by atoms with Crippen molar-refractivity contribution in [2.75, 3.05) is 6.54 Å². The van der Waals surface area contributed by atoms with Gasteiger partial charge >= 0.3 is 0 Å². The van der Waals surface area contributed by atoms with Crippen molar-refractivity contribution >= 4 is 31.9 Å². The Kier molecular flexibility index (Phi) is 4.62. The molecule has 1 aromatic heterocycles. The van der Waals surface area contributed by atoms with E-state index in [0.29, 0.717) is 0 Å². The number of nitrogens with zero attached hydrogens (tertiary/aromatic N) is 1. The summed E-state index contributed by atoms with van der Waals surface area (Å²) >= 11 is 6.65. The van der Waals surface area contributed by atoms with Crippen LogP contribution in [0.3, 0.4) is 0 Å². The van der Waals surface area contributed by atoms with Gasteiger partial charge in [-0.05, 0) is 27.6 Å². The number of hydrogen-bond donors (Lipinski definition) is 1. The lowest BCUT2D eigenvalue weighted by Gasteiger charge is -2.03. The van der Waals surface area contributed by atoms with Crippen molar-refractivity contribution in [2.45, 2.75) is 6.54 Å². The van der Waals surface area contributed by atoms with E-state index in [9.17, 15) is 0 Å². The molecule has 0 atom stereocenters. The van der Waals surface area contributed by atoms with Gasteiger partial charge in [-0.3, -0.25) is 4.98 Å². The van der Waals surface area contributed by atoms with Crippen LogP contribution in [0.15, 0.2) is 34.0 Å². The second-order valence-electron chi connectivity index (χ2n) is 2.63. The summed E-state index contributed by atoms with van der Waals surface area (Å²) in [5.41, 5.74) is 1.16. The van der Waals surface area contributed by atoms with E-state index < -0.39 is 0 Å². The Labute approximate surface area is 94.7 Å². The molecule has 0 bridgehead atoms. The van der Waals surface area contributed by atoms with Crippen LogP contribution in [-0.2, 0) is 6.54 Å². The van der Waals surface area contributed by atoms with Gasteiger partial charge in [0.2, 0.25) is 0 Å². The van der Waals surface area contributed by atoms with Crippen molar-refractivity contribution in [2.24, 2.45) is 0 Å².